The van der Waals surface area contributed by atoms with Gasteiger partial charge in [0, 0.05) is 18.7 Å². The maximum absolute atomic E-state index is 13.2. The molecule has 0 spiro atoms. The number of nitrogens with zero attached hydrogens (tertiary/aromatic N) is 1. The Labute approximate surface area is 147 Å². The zero-order valence-electron chi connectivity index (χ0n) is 14.2. The molecular formula is C18H21FN2O3S. The normalized spacial score (nSPS) is 11.2. The number of carbonyl (C=O) groups excluding carboxylic acids is 1. The topological polar surface area (TPSA) is 66.5 Å². The van der Waals surface area contributed by atoms with Gasteiger partial charge in [-0.05, 0) is 36.2 Å². The lowest BCUT2D eigenvalue weighted by Crippen LogP contribution is -2.33. The second-order valence-corrected chi connectivity index (χ2v) is 7.53. The van der Waals surface area contributed by atoms with E-state index in [0.29, 0.717) is 17.8 Å². The zero-order valence-corrected chi connectivity index (χ0v) is 15.0. The molecule has 2 aromatic rings. The van der Waals surface area contributed by atoms with Crippen LogP contribution in [0.3, 0.4) is 0 Å². The molecule has 0 aromatic heterocycles. The Hall–Kier alpha value is -2.41. The van der Waals surface area contributed by atoms with Crippen molar-refractivity contribution < 1.29 is 17.6 Å². The molecule has 2 aromatic carbocycles. The van der Waals surface area contributed by atoms with Crippen LogP contribution in [-0.2, 0) is 21.2 Å². The van der Waals surface area contributed by atoms with E-state index in [-0.39, 0.29) is 18.9 Å². The smallest absolute Gasteiger partial charge is 0.232 e. The van der Waals surface area contributed by atoms with Gasteiger partial charge < -0.3 is 5.32 Å². The van der Waals surface area contributed by atoms with Crippen LogP contribution < -0.4 is 9.62 Å². The lowest BCUT2D eigenvalue weighted by molar-refractivity contribution is -0.116. The van der Waals surface area contributed by atoms with E-state index in [4.69, 9.17) is 0 Å². The average molecular weight is 364 g/mol. The fraction of sp³-hybridized carbons (Fsp3) is 0.278. The van der Waals surface area contributed by atoms with Crippen molar-refractivity contribution in [3.63, 3.8) is 0 Å². The van der Waals surface area contributed by atoms with E-state index < -0.39 is 15.8 Å². The quantitative estimate of drug-likeness (QED) is 0.820. The SMILES string of the molecule is CCc1ccccc1N(CCC(=O)Nc1cccc(F)c1)S(C)(=O)=O. The molecule has 0 saturated heterocycles. The van der Waals surface area contributed by atoms with Crippen molar-refractivity contribution in [3.8, 4) is 0 Å². The number of benzene rings is 2. The highest BCUT2D eigenvalue weighted by Crippen LogP contribution is 2.23. The van der Waals surface area contributed by atoms with Crippen molar-refractivity contribution in [3.05, 3.63) is 59.9 Å². The Morgan fingerprint density at radius 2 is 1.88 bits per heavy atom. The minimum absolute atomic E-state index is 0.0109. The summed E-state index contributed by atoms with van der Waals surface area (Å²) < 4.78 is 38.7. The Balaban J connectivity index is 2.12. The molecule has 1 amide bonds. The number of amides is 1. The molecule has 134 valence electrons. The van der Waals surface area contributed by atoms with Crippen molar-refractivity contribution in [1.29, 1.82) is 0 Å². The van der Waals surface area contributed by atoms with E-state index in [9.17, 15) is 17.6 Å². The monoisotopic (exact) mass is 364 g/mol. The molecule has 7 heteroatoms. The highest BCUT2D eigenvalue weighted by Gasteiger charge is 2.20. The van der Waals surface area contributed by atoms with E-state index in [0.717, 1.165) is 11.8 Å². The Kier molecular flexibility index (Phi) is 6.14. The van der Waals surface area contributed by atoms with E-state index in [2.05, 4.69) is 5.32 Å². The molecule has 0 aliphatic rings. The van der Waals surface area contributed by atoms with Gasteiger partial charge in [0.15, 0.2) is 0 Å². The van der Waals surface area contributed by atoms with E-state index in [1.165, 1.54) is 22.5 Å². The average Bonchev–Trinajstić information content (AvgIpc) is 2.54. The molecule has 0 unspecified atom stereocenters. The third-order valence-corrected chi connectivity index (χ3v) is 4.87. The highest BCUT2D eigenvalue weighted by molar-refractivity contribution is 7.92. The first-order valence-corrected chi connectivity index (χ1v) is 9.77. The molecule has 0 atom stereocenters. The maximum Gasteiger partial charge on any atom is 0.232 e. The summed E-state index contributed by atoms with van der Waals surface area (Å²) in [6.45, 7) is 1.95. The van der Waals surface area contributed by atoms with Gasteiger partial charge in [-0.1, -0.05) is 31.2 Å². The van der Waals surface area contributed by atoms with Crippen LogP contribution in [0.5, 0.6) is 0 Å². The van der Waals surface area contributed by atoms with Gasteiger partial charge in [-0.15, -0.1) is 0 Å². The lowest BCUT2D eigenvalue weighted by atomic mass is 10.1. The van der Waals surface area contributed by atoms with E-state index >= 15 is 0 Å². The van der Waals surface area contributed by atoms with Gasteiger partial charge in [-0.2, -0.15) is 0 Å². The number of anilines is 2. The van der Waals surface area contributed by atoms with Gasteiger partial charge in [0.2, 0.25) is 15.9 Å². The molecule has 25 heavy (non-hydrogen) atoms. The van der Waals surface area contributed by atoms with Gasteiger partial charge in [-0.3, -0.25) is 9.10 Å². The molecule has 2 rings (SSSR count). The number of hydrogen-bond donors (Lipinski definition) is 1. The van der Waals surface area contributed by atoms with Gasteiger partial charge in [0.1, 0.15) is 5.82 Å². The maximum atomic E-state index is 13.2. The second kappa shape index (κ2) is 8.11. The summed E-state index contributed by atoms with van der Waals surface area (Å²) in [6.07, 6.45) is 1.75. The van der Waals surface area contributed by atoms with Crippen LogP contribution in [-0.4, -0.2) is 27.1 Å². The minimum Gasteiger partial charge on any atom is -0.326 e. The van der Waals surface area contributed by atoms with Gasteiger partial charge in [-0.25, -0.2) is 12.8 Å². The number of halogens is 1. The van der Waals surface area contributed by atoms with Gasteiger partial charge in [0.05, 0.1) is 11.9 Å². The number of sulfonamides is 1. The summed E-state index contributed by atoms with van der Waals surface area (Å²) in [4.78, 5) is 12.1. The predicted molar refractivity (Wildman–Crippen MR) is 97.7 cm³/mol. The first-order chi connectivity index (χ1) is 11.8. The largest absolute Gasteiger partial charge is 0.326 e. The predicted octanol–water partition coefficient (Wildman–Crippen LogP) is 3.18. The van der Waals surface area contributed by atoms with Crippen LogP contribution in [0, 0.1) is 5.82 Å². The molecule has 0 radical (unpaired) electrons. The lowest BCUT2D eigenvalue weighted by Gasteiger charge is -2.24. The van der Waals surface area contributed by atoms with Crippen LogP contribution in [0.15, 0.2) is 48.5 Å². The third-order valence-electron chi connectivity index (χ3n) is 3.69. The Morgan fingerprint density at radius 3 is 2.52 bits per heavy atom. The summed E-state index contributed by atoms with van der Waals surface area (Å²) in [7, 11) is -3.53. The number of para-hydroxylation sites is 1. The van der Waals surface area contributed by atoms with Crippen molar-refractivity contribution in [2.45, 2.75) is 19.8 Å². The Morgan fingerprint density at radius 1 is 1.16 bits per heavy atom. The molecule has 5 nitrogen and oxygen atoms in total. The fourth-order valence-corrected chi connectivity index (χ4v) is 3.47. The van der Waals surface area contributed by atoms with Crippen LogP contribution >= 0.6 is 0 Å². The van der Waals surface area contributed by atoms with Crippen molar-refractivity contribution in [2.75, 3.05) is 22.4 Å². The third kappa shape index (κ3) is 5.29. The fourth-order valence-electron chi connectivity index (χ4n) is 2.51. The van der Waals surface area contributed by atoms with Crippen molar-refractivity contribution in [2.24, 2.45) is 0 Å². The van der Waals surface area contributed by atoms with Gasteiger partial charge in [0.25, 0.3) is 0 Å². The number of carbonyl (C=O) groups is 1. The number of rotatable bonds is 7. The standard InChI is InChI=1S/C18H21FN2O3S/c1-3-14-7-4-5-10-17(14)21(25(2,23)24)12-11-18(22)20-16-9-6-8-15(19)13-16/h4-10,13H,3,11-12H2,1-2H3,(H,20,22). The van der Waals surface area contributed by atoms with Crippen LogP contribution in [0.2, 0.25) is 0 Å². The van der Waals surface area contributed by atoms with E-state index in [1.54, 1.807) is 18.2 Å². The molecule has 0 fully saturated rings. The number of hydrogen-bond acceptors (Lipinski definition) is 3. The summed E-state index contributed by atoms with van der Waals surface area (Å²) in [5.41, 5.74) is 1.80. The molecule has 0 heterocycles. The Bertz CT molecular complexity index is 853. The molecular weight excluding hydrogens is 343 g/mol. The summed E-state index contributed by atoms with van der Waals surface area (Å²) in [5, 5.41) is 2.57. The number of aryl methyl sites for hydroxylation is 1. The van der Waals surface area contributed by atoms with Gasteiger partial charge >= 0.3 is 0 Å². The van der Waals surface area contributed by atoms with E-state index in [1.807, 2.05) is 19.1 Å². The van der Waals surface area contributed by atoms with Crippen molar-refractivity contribution in [1.82, 2.24) is 0 Å². The molecule has 0 saturated carbocycles. The first-order valence-electron chi connectivity index (χ1n) is 7.92. The minimum atomic E-state index is -3.53. The first kappa shape index (κ1) is 18.9. The van der Waals surface area contributed by atoms with Crippen LogP contribution in [0.1, 0.15) is 18.9 Å². The molecule has 0 aliphatic heterocycles. The summed E-state index contributed by atoms with van der Waals surface area (Å²) in [6, 6.07) is 12.7. The summed E-state index contributed by atoms with van der Waals surface area (Å²) in [5.74, 6) is -0.833. The molecule has 1 N–H and O–H groups in total. The second-order valence-electron chi connectivity index (χ2n) is 5.63. The van der Waals surface area contributed by atoms with Crippen LogP contribution in [0.4, 0.5) is 15.8 Å². The number of nitrogens with one attached hydrogen (secondary N) is 1. The zero-order chi connectivity index (χ0) is 18.4. The molecule has 0 bridgehead atoms. The summed E-state index contributed by atoms with van der Waals surface area (Å²) >= 11 is 0. The van der Waals surface area contributed by atoms with Crippen molar-refractivity contribution >= 4 is 27.3 Å². The highest BCUT2D eigenvalue weighted by atomic mass is 32.2. The van der Waals surface area contributed by atoms with Crippen LogP contribution in [0.25, 0.3) is 0 Å². The molecule has 0 aliphatic carbocycles.